The molecule has 0 aliphatic carbocycles. The third-order valence-electron chi connectivity index (χ3n) is 3.95. The summed E-state index contributed by atoms with van der Waals surface area (Å²) in [5, 5.41) is 9.34. The minimum absolute atomic E-state index is 0. The molecule has 1 fully saturated rings. The fraction of sp³-hybridized carbons (Fsp3) is 0.500. The van der Waals surface area contributed by atoms with Crippen molar-refractivity contribution in [2.45, 2.75) is 19.3 Å². The Morgan fingerprint density at radius 2 is 2.00 bits per heavy atom. The molecular weight excluding hydrogens is 337 g/mol. The van der Waals surface area contributed by atoms with Gasteiger partial charge in [-0.1, -0.05) is 11.6 Å². The van der Waals surface area contributed by atoms with E-state index in [1.807, 2.05) is 12.1 Å². The van der Waals surface area contributed by atoms with E-state index in [0.717, 1.165) is 18.4 Å². The molecular formula is C16H21Cl2N3O2. The number of rotatable bonds is 6. The van der Waals surface area contributed by atoms with Crippen LogP contribution >= 0.6 is 24.0 Å². The smallest absolute Gasteiger partial charge is 0.163 e. The highest BCUT2D eigenvalue weighted by Gasteiger charge is 2.12. The summed E-state index contributed by atoms with van der Waals surface area (Å²) in [7, 11) is 1.63. The van der Waals surface area contributed by atoms with Gasteiger partial charge in [-0.2, -0.15) is 10.2 Å². The van der Waals surface area contributed by atoms with Crippen LogP contribution in [0.15, 0.2) is 18.3 Å². The van der Waals surface area contributed by atoms with Crippen molar-refractivity contribution in [1.82, 2.24) is 15.1 Å². The zero-order valence-corrected chi connectivity index (χ0v) is 14.7. The maximum atomic E-state index is 6.13. The predicted molar refractivity (Wildman–Crippen MR) is 94.1 cm³/mol. The van der Waals surface area contributed by atoms with Gasteiger partial charge in [-0.25, -0.2) is 0 Å². The number of methoxy groups -OCH3 is 1. The molecule has 0 radical (unpaired) electrons. The lowest BCUT2D eigenvalue weighted by molar-refractivity contribution is 0.254. The first-order valence-electron chi connectivity index (χ1n) is 7.62. The number of ether oxygens (including phenoxy) is 2. The Morgan fingerprint density at radius 1 is 1.22 bits per heavy atom. The Labute approximate surface area is 147 Å². The van der Waals surface area contributed by atoms with Crippen LogP contribution in [0.2, 0.25) is 5.02 Å². The van der Waals surface area contributed by atoms with E-state index < -0.39 is 0 Å². The fourth-order valence-corrected chi connectivity index (χ4v) is 2.98. The highest BCUT2D eigenvalue weighted by atomic mass is 35.5. The highest BCUT2D eigenvalue weighted by Crippen LogP contribution is 2.34. The van der Waals surface area contributed by atoms with Crippen molar-refractivity contribution in [3.63, 3.8) is 0 Å². The van der Waals surface area contributed by atoms with Crippen LogP contribution in [0.4, 0.5) is 0 Å². The molecule has 126 valence electrons. The Balaban J connectivity index is 0.00000192. The minimum Gasteiger partial charge on any atom is -0.493 e. The standard InChI is InChI=1S/C16H20ClN3O2.ClH/c1-21-15-9-12-13(17)11-18-19-14(12)10-16(15)22-8-4-7-20-5-2-3-6-20;/h9-11H,2-8H2,1H3;1H. The van der Waals surface area contributed by atoms with E-state index in [4.69, 9.17) is 21.1 Å². The summed E-state index contributed by atoms with van der Waals surface area (Å²) in [6.07, 6.45) is 5.17. The summed E-state index contributed by atoms with van der Waals surface area (Å²) < 4.78 is 11.3. The molecule has 0 spiro atoms. The average molecular weight is 358 g/mol. The van der Waals surface area contributed by atoms with Crippen LogP contribution in [0.3, 0.4) is 0 Å². The molecule has 7 heteroatoms. The van der Waals surface area contributed by atoms with E-state index in [1.165, 1.54) is 32.1 Å². The SMILES string of the molecule is COc1cc2c(Cl)cnnc2cc1OCCCN1CCCC1.Cl. The molecule has 0 N–H and O–H groups in total. The molecule has 1 aliphatic rings. The first kappa shape index (κ1) is 18.0. The van der Waals surface area contributed by atoms with Crippen molar-refractivity contribution < 1.29 is 9.47 Å². The van der Waals surface area contributed by atoms with Gasteiger partial charge in [-0.15, -0.1) is 12.4 Å². The van der Waals surface area contributed by atoms with Gasteiger partial charge in [0.2, 0.25) is 0 Å². The van der Waals surface area contributed by atoms with E-state index >= 15 is 0 Å². The topological polar surface area (TPSA) is 47.5 Å². The van der Waals surface area contributed by atoms with Crippen LogP contribution in [0.25, 0.3) is 10.9 Å². The van der Waals surface area contributed by atoms with Gasteiger partial charge in [0, 0.05) is 18.0 Å². The quantitative estimate of drug-likeness (QED) is 0.739. The largest absolute Gasteiger partial charge is 0.493 e. The zero-order chi connectivity index (χ0) is 15.4. The molecule has 1 saturated heterocycles. The van der Waals surface area contributed by atoms with Gasteiger partial charge in [0.1, 0.15) is 0 Å². The van der Waals surface area contributed by atoms with E-state index in [1.54, 1.807) is 7.11 Å². The predicted octanol–water partition coefficient (Wildman–Crippen LogP) is 3.58. The van der Waals surface area contributed by atoms with Crippen LogP contribution < -0.4 is 9.47 Å². The van der Waals surface area contributed by atoms with E-state index in [2.05, 4.69) is 15.1 Å². The lowest BCUT2D eigenvalue weighted by Crippen LogP contribution is -2.21. The Hall–Kier alpha value is -1.30. The summed E-state index contributed by atoms with van der Waals surface area (Å²) in [6, 6.07) is 3.69. The molecule has 1 aromatic carbocycles. The van der Waals surface area contributed by atoms with Gasteiger partial charge in [0.15, 0.2) is 11.5 Å². The van der Waals surface area contributed by atoms with Crippen LogP contribution in [-0.2, 0) is 0 Å². The third-order valence-corrected chi connectivity index (χ3v) is 4.25. The monoisotopic (exact) mass is 357 g/mol. The number of hydrogen-bond acceptors (Lipinski definition) is 5. The summed E-state index contributed by atoms with van der Waals surface area (Å²) in [5.41, 5.74) is 0.711. The van der Waals surface area contributed by atoms with Crippen LogP contribution in [0.1, 0.15) is 19.3 Å². The first-order valence-corrected chi connectivity index (χ1v) is 8.00. The molecule has 1 aliphatic heterocycles. The van der Waals surface area contributed by atoms with Crippen LogP contribution in [0, 0.1) is 0 Å². The minimum atomic E-state index is 0. The molecule has 1 aromatic heterocycles. The number of fused-ring (bicyclic) bond motifs is 1. The van der Waals surface area contributed by atoms with Crippen LogP contribution in [0.5, 0.6) is 11.5 Å². The summed E-state index contributed by atoms with van der Waals surface area (Å²) in [6.45, 7) is 4.18. The molecule has 0 atom stereocenters. The lowest BCUT2D eigenvalue weighted by atomic mass is 10.2. The van der Waals surface area contributed by atoms with Gasteiger partial charge in [0.05, 0.1) is 30.5 Å². The van der Waals surface area contributed by atoms with Crippen molar-refractivity contribution in [1.29, 1.82) is 0 Å². The van der Waals surface area contributed by atoms with E-state index in [-0.39, 0.29) is 12.4 Å². The van der Waals surface area contributed by atoms with Gasteiger partial charge < -0.3 is 14.4 Å². The van der Waals surface area contributed by atoms with Crippen molar-refractivity contribution in [2.75, 3.05) is 33.4 Å². The second-order valence-electron chi connectivity index (χ2n) is 5.46. The first-order chi connectivity index (χ1) is 10.8. The molecule has 3 rings (SSSR count). The van der Waals surface area contributed by atoms with Gasteiger partial charge >= 0.3 is 0 Å². The Bertz CT molecular complexity index is 649. The fourth-order valence-electron chi connectivity index (χ4n) is 2.78. The number of aromatic nitrogens is 2. The van der Waals surface area contributed by atoms with Gasteiger partial charge in [-0.3, -0.25) is 0 Å². The highest BCUT2D eigenvalue weighted by molar-refractivity contribution is 6.35. The summed E-state index contributed by atoms with van der Waals surface area (Å²) >= 11 is 6.13. The maximum absolute atomic E-state index is 6.13. The zero-order valence-electron chi connectivity index (χ0n) is 13.1. The second kappa shape index (κ2) is 8.52. The van der Waals surface area contributed by atoms with Crippen molar-refractivity contribution in [2.24, 2.45) is 0 Å². The summed E-state index contributed by atoms with van der Waals surface area (Å²) in [5.74, 6) is 1.36. The van der Waals surface area contributed by atoms with Crippen LogP contribution in [-0.4, -0.2) is 48.4 Å². The summed E-state index contributed by atoms with van der Waals surface area (Å²) in [4.78, 5) is 2.48. The van der Waals surface area contributed by atoms with E-state index in [0.29, 0.717) is 28.6 Å². The normalized spacial score (nSPS) is 14.7. The molecule has 0 saturated carbocycles. The maximum Gasteiger partial charge on any atom is 0.163 e. The number of nitrogens with zero attached hydrogens (tertiary/aromatic N) is 3. The number of likely N-dealkylation sites (tertiary alicyclic amines) is 1. The second-order valence-corrected chi connectivity index (χ2v) is 5.87. The molecule has 2 aromatic rings. The molecule has 5 nitrogen and oxygen atoms in total. The number of hydrogen-bond donors (Lipinski definition) is 0. The Kier molecular flexibility index (Phi) is 6.69. The molecule has 23 heavy (non-hydrogen) atoms. The van der Waals surface area contributed by atoms with Crippen molar-refractivity contribution >= 4 is 34.9 Å². The number of benzene rings is 1. The molecule has 0 amide bonds. The van der Waals surface area contributed by atoms with Gasteiger partial charge in [0.25, 0.3) is 0 Å². The van der Waals surface area contributed by atoms with Gasteiger partial charge in [-0.05, 0) is 38.4 Å². The molecule has 0 bridgehead atoms. The molecule has 0 unspecified atom stereocenters. The van der Waals surface area contributed by atoms with Crippen molar-refractivity contribution in [3.05, 3.63) is 23.4 Å². The van der Waals surface area contributed by atoms with Crippen molar-refractivity contribution in [3.8, 4) is 11.5 Å². The third kappa shape index (κ3) is 4.37. The van der Waals surface area contributed by atoms with E-state index in [9.17, 15) is 0 Å². The average Bonchev–Trinajstić information content (AvgIpc) is 3.04. The Morgan fingerprint density at radius 3 is 2.74 bits per heavy atom. The molecule has 2 heterocycles. The lowest BCUT2D eigenvalue weighted by Gasteiger charge is -2.15. The number of halogens is 2.